The van der Waals surface area contributed by atoms with Crippen LogP contribution >= 0.6 is 11.8 Å². The van der Waals surface area contributed by atoms with Gasteiger partial charge in [0, 0.05) is 17.2 Å². The number of nitrogens with one attached hydrogen (secondary N) is 1. The van der Waals surface area contributed by atoms with Crippen LogP contribution in [0.4, 0.5) is 0 Å². The highest BCUT2D eigenvalue weighted by molar-refractivity contribution is 7.99. The number of hydrogen-bond donors (Lipinski definition) is 2. The summed E-state index contributed by atoms with van der Waals surface area (Å²) in [6, 6.07) is 7.84. The minimum Gasteiger partial charge on any atom is -0.481 e. The van der Waals surface area contributed by atoms with Crippen molar-refractivity contribution in [1.29, 1.82) is 0 Å². The van der Waals surface area contributed by atoms with E-state index in [-0.39, 0.29) is 18.4 Å². The first-order valence-corrected chi connectivity index (χ1v) is 6.80. The number of aliphatic carboxylic acids is 1. The normalized spacial score (nSPS) is 19.1. The van der Waals surface area contributed by atoms with Crippen LogP contribution in [0.15, 0.2) is 29.2 Å². The fourth-order valence-corrected chi connectivity index (χ4v) is 3.07. The number of thioether (sulfide) groups is 1. The molecule has 1 aliphatic rings. The zero-order chi connectivity index (χ0) is 13.1. The highest BCUT2D eigenvalue weighted by atomic mass is 32.2. The Morgan fingerprint density at radius 3 is 2.94 bits per heavy atom. The van der Waals surface area contributed by atoms with Crippen molar-refractivity contribution in [3.05, 3.63) is 29.8 Å². The second-order valence-electron chi connectivity index (χ2n) is 4.39. The third-order valence-electron chi connectivity index (χ3n) is 3.02. The van der Waals surface area contributed by atoms with Crippen molar-refractivity contribution in [2.45, 2.75) is 17.7 Å². The van der Waals surface area contributed by atoms with Crippen molar-refractivity contribution in [3.8, 4) is 0 Å². The number of carbonyl (C=O) groups is 2. The molecule has 0 bridgehead atoms. The largest absolute Gasteiger partial charge is 0.481 e. The minimum atomic E-state index is -0.892. The molecule has 5 heteroatoms. The van der Waals surface area contributed by atoms with Crippen molar-refractivity contribution in [2.24, 2.45) is 5.92 Å². The van der Waals surface area contributed by atoms with Gasteiger partial charge in [0.25, 0.3) is 0 Å². The number of fused-ring (bicyclic) bond motifs is 1. The molecule has 18 heavy (non-hydrogen) atoms. The van der Waals surface area contributed by atoms with Crippen molar-refractivity contribution >= 4 is 23.6 Å². The fraction of sp³-hybridized carbons (Fsp3) is 0.385. The Balaban J connectivity index is 1.97. The first kappa shape index (κ1) is 13.0. The van der Waals surface area contributed by atoms with Crippen LogP contribution in [-0.4, -0.2) is 29.3 Å². The lowest BCUT2D eigenvalue weighted by atomic mass is 10.0. The van der Waals surface area contributed by atoms with Crippen molar-refractivity contribution < 1.29 is 14.7 Å². The van der Waals surface area contributed by atoms with Gasteiger partial charge in [0.15, 0.2) is 0 Å². The summed E-state index contributed by atoms with van der Waals surface area (Å²) in [6.45, 7) is 1.76. The number of carboxylic acids is 1. The molecule has 0 aliphatic carbocycles. The molecule has 0 fully saturated rings. The Morgan fingerprint density at radius 2 is 2.22 bits per heavy atom. The number of carbonyl (C=O) groups excluding carboxylic acids is 1. The monoisotopic (exact) mass is 265 g/mol. The average Bonchev–Trinajstić information content (AvgIpc) is 2.79. The van der Waals surface area contributed by atoms with E-state index in [9.17, 15) is 9.59 Å². The average molecular weight is 265 g/mol. The summed E-state index contributed by atoms with van der Waals surface area (Å²) in [5.41, 5.74) is 1.04. The number of rotatable bonds is 4. The van der Waals surface area contributed by atoms with Crippen molar-refractivity contribution in [1.82, 2.24) is 5.32 Å². The molecular weight excluding hydrogens is 250 g/mol. The molecule has 0 aromatic heterocycles. The third kappa shape index (κ3) is 2.67. The summed E-state index contributed by atoms with van der Waals surface area (Å²) < 4.78 is 0. The quantitative estimate of drug-likeness (QED) is 0.870. The number of benzene rings is 1. The summed E-state index contributed by atoms with van der Waals surface area (Å²) >= 11 is 1.67. The highest BCUT2D eigenvalue weighted by Crippen LogP contribution is 2.39. The van der Waals surface area contributed by atoms with E-state index >= 15 is 0 Å². The summed E-state index contributed by atoms with van der Waals surface area (Å²) in [5, 5.41) is 11.5. The maximum atomic E-state index is 12.0. The van der Waals surface area contributed by atoms with E-state index in [1.165, 1.54) is 0 Å². The molecule has 4 nitrogen and oxygen atoms in total. The lowest BCUT2D eigenvalue weighted by Crippen LogP contribution is -2.35. The molecule has 1 amide bonds. The van der Waals surface area contributed by atoms with Gasteiger partial charge in [0.05, 0.1) is 11.8 Å². The molecule has 1 aromatic rings. The molecule has 2 atom stereocenters. The molecule has 0 saturated carbocycles. The molecule has 0 saturated heterocycles. The molecule has 2 rings (SSSR count). The molecule has 96 valence electrons. The van der Waals surface area contributed by atoms with Gasteiger partial charge in [0.1, 0.15) is 0 Å². The maximum Gasteiger partial charge on any atom is 0.308 e. The SMILES string of the molecule is CC(CNC(=O)C1CSc2ccccc21)C(=O)O. The molecule has 1 aromatic carbocycles. The molecule has 2 unspecified atom stereocenters. The summed E-state index contributed by atoms with van der Waals surface area (Å²) in [5.74, 6) is -0.963. The van der Waals surface area contributed by atoms with Gasteiger partial charge >= 0.3 is 5.97 Å². The van der Waals surface area contributed by atoms with Gasteiger partial charge in [-0.25, -0.2) is 0 Å². The second-order valence-corrected chi connectivity index (χ2v) is 5.45. The topological polar surface area (TPSA) is 66.4 Å². The second kappa shape index (κ2) is 5.44. The first-order chi connectivity index (χ1) is 8.59. The lowest BCUT2D eigenvalue weighted by Gasteiger charge is -2.13. The number of amides is 1. The van der Waals surface area contributed by atoms with Crippen LogP contribution in [0.1, 0.15) is 18.4 Å². The standard InChI is InChI=1S/C13H15NO3S/c1-8(13(16)17)6-14-12(15)10-7-18-11-5-3-2-4-9(10)11/h2-5,8,10H,6-7H2,1H3,(H,14,15)(H,16,17). The Kier molecular flexibility index (Phi) is 3.91. The van der Waals surface area contributed by atoms with Crippen LogP contribution in [0, 0.1) is 5.92 Å². The van der Waals surface area contributed by atoms with E-state index in [1.54, 1.807) is 18.7 Å². The number of carboxylic acid groups (broad SMARTS) is 1. The first-order valence-electron chi connectivity index (χ1n) is 5.82. The molecule has 0 radical (unpaired) electrons. The highest BCUT2D eigenvalue weighted by Gasteiger charge is 2.29. The van der Waals surface area contributed by atoms with Crippen LogP contribution in [-0.2, 0) is 9.59 Å². The molecule has 2 N–H and O–H groups in total. The van der Waals surface area contributed by atoms with Crippen LogP contribution in [0.25, 0.3) is 0 Å². The van der Waals surface area contributed by atoms with E-state index in [2.05, 4.69) is 5.32 Å². The van der Waals surface area contributed by atoms with E-state index in [0.29, 0.717) is 0 Å². The minimum absolute atomic E-state index is 0.0828. The van der Waals surface area contributed by atoms with Gasteiger partial charge in [-0.05, 0) is 11.6 Å². The van der Waals surface area contributed by atoms with Crippen LogP contribution in [0.3, 0.4) is 0 Å². The summed E-state index contributed by atoms with van der Waals surface area (Å²) in [4.78, 5) is 23.8. The van der Waals surface area contributed by atoms with Crippen LogP contribution in [0.2, 0.25) is 0 Å². The molecule has 1 heterocycles. The van der Waals surface area contributed by atoms with Gasteiger partial charge in [0.2, 0.25) is 5.91 Å². The van der Waals surface area contributed by atoms with Crippen LogP contribution in [0.5, 0.6) is 0 Å². The maximum absolute atomic E-state index is 12.0. The Hall–Kier alpha value is -1.49. The third-order valence-corrected chi connectivity index (χ3v) is 4.20. The van der Waals surface area contributed by atoms with Gasteiger partial charge in [-0.2, -0.15) is 0 Å². The summed E-state index contributed by atoms with van der Waals surface area (Å²) in [7, 11) is 0. The van der Waals surface area contributed by atoms with Crippen LogP contribution < -0.4 is 5.32 Å². The lowest BCUT2D eigenvalue weighted by molar-refractivity contribution is -0.141. The van der Waals surface area contributed by atoms with Gasteiger partial charge in [-0.1, -0.05) is 25.1 Å². The smallest absolute Gasteiger partial charge is 0.308 e. The summed E-state index contributed by atoms with van der Waals surface area (Å²) in [6.07, 6.45) is 0. The van der Waals surface area contributed by atoms with E-state index < -0.39 is 11.9 Å². The predicted octanol–water partition coefficient (Wildman–Crippen LogP) is 1.71. The van der Waals surface area contributed by atoms with Crippen molar-refractivity contribution in [3.63, 3.8) is 0 Å². The molecular formula is C13H15NO3S. The van der Waals surface area contributed by atoms with E-state index in [0.717, 1.165) is 16.2 Å². The van der Waals surface area contributed by atoms with Crippen molar-refractivity contribution in [2.75, 3.05) is 12.3 Å². The van der Waals surface area contributed by atoms with Gasteiger partial charge in [-0.3, -0.25) is 9.59 Å². The van der Waals surface area contributed by atoms with Gasteiger partial charge < -0.3 is 10.4 Å². The Morgan fingerprint density at radius 1 is 1.50 bits per heavy atom. The zero-order valence-corrected chi connectivity index (χ0v) is 10.9. The fourth-order valence-electron chi connectivity index (χ4n) is 1.84. The molecule has 1 aliphatic heterocycles. The van der Waals surface area contributed by atoms with E-state index in [1.807, 2.05) is 24.3 Å². The predicted molar refractivity (Wildman–Crippen MR) is 69.7 cm³/mol. The Bertz CT molecular complexity index is 475. The van der Waals surface area contributed by atoms with Gasteiger partial charge in [-0.15, -0.1) is 11.8 Å². The number of hydrogen-bond acceptors (Lipinski definition) is 3. The molecule has 0 spiro atoms. The van der Waals surface area contributed by atoms with E-state index in [4.69, 9.17) is 5.11 Å². The zero-order valence-electron chi connectivity index (χ0n) is 10.1. The Labute approximate surface area is 110 Å².